The molecule has 32 heavy (non-hydrogen) atoms. The normalized spacial score (nSPS) is 22.3. The molecule has 166 valence electrons. The molecule has 11 heteroatoms. The number of halogens is 1. The number of nitrogens with two attached hydrogens (primary N) is 1. The summed E-state index contributed by atoms with van der Waals surface area (Å²) >= 11 is 1.22. The Kier molecular flexibility index (Phi) is 4.66. The molecule has 2 aliphatic rings. The van der Waals surface area contributed by atoms with Crippen LogP contribution in [-0.2, 0) is 15.6 Å². The SMILES string of the molecule is CN1C(N)=N[C@](C)(c2sc3c(-c4ccc(N5C=CNN5)cc4)cccc3c2F)CS1(=O)=O. The maximum Gasteiger partial charge on any atom is 0.239 e. The summed E-state index contributed by atoms with van der Waals surface area (Å²) in [7, 11) is -2.35. The third kappa shape index (κ3) is 3.20. The maximum atomic E-state index is 15.6. The molecule has 4 N–H and O–H groups in total. The van der Waals surface area contributed by atoms with Crippen molar-refractivity contribution in [1.82, 2.24) is 15.3 Å². The standard InChI is InChI=1S/C21H21FN6O2S2/c1-21(12-32(29,30)27(2)20(23)25-21)19-17(22)16-5-3-4-15(18(16)31-19)13-6-8-14(9-7-13)28-11-10-24-26-28/h3-11,24,26H,12H2,1-2H3,(H2,23,25)/t21-/m0/s1. The van der Waals surface area contributed by atoms with Gasteiger partial charge >= 0.3 is 0 Å². The van der Waals surface area contributed by atoms with Gasteiger partial charge in [0.15, 0.2) is 0 Å². The van der Waals surface area contributed by atoms with Gasteiger partial charge < -0.3 is 11.2 Å². The third-order valence-electron chi connectivity index (χ3n) is 5.66. The highest BCUT2D eigenvalue weighted by Crippen LogP contribution is 2.44. The lowest BCUT2D eigenvalue weighted by atomic mass is 10.0. The molecule has 1 aromatic heterocycles. The van der Waals surface area contributed by atoms with E-state index >= 15 is 4.39 Å². The van der Waals surface area contributed by atoms with E-state index in [9.17, 15) is 8.42 Å². The molecule has 5 rings (SSSR count). The minimum absolute atomic E-state index is 0.148. The number of hydrazine groups is 2. The van der Waals surface area contributed by atoms with Crippen LogP contribution in [0.3, 0.4) is 0 Å². The molecule has 0 bridgehead atoms. The van der Waals surface area contributed by atoms with Crippen molar-refractivity contribution in [2.75, 3.05) is 17.8 Å². The predicted octanol–water partition coefficient (Wildman–Crippen LogP) is 2.81. The van der Waals surface area contributed by atoms with E-state index in [2.05, 4.69) is 16.0 Å². The van der Waals surface area contributed by atoms with Crippen molar-refractivity contribution in [2.24, 2.45) is 10.7 Å². The van der Waals surface area contributed by atoms with Crippen molar-refractivity contribution >= 4 is 43.1 Å². The van der Waals surface area contributed by atoms with Gasteiger partial charge in [0, 0.05) is 29.5 Å². The van der Waals surface area contributed by atoms with Crippen molar-refractivity contribution < 1.29 is 12.8 Å². The second kappa shape index (κ2) is 7.19. The number of sulfonamides is 1. The van der Waals surface area contributed by atoms with E-state index in [1.807, 2.05) is 41.5 Å². The van der Waals surface area contributed by atoms with E-state index < -0.39 is 21.4 Å². The van der Waals surface area contributed by atoms with Crippen molar-refractivity contribution in [1.29, 1.82) is 0 Å². The first-order valence-electron chi connectivity index (χ1n) is 9.80. The summed E-state index contributed by atoms with van der Waals surface area (Å²) in [6.45, 7) is 1.61. The molecule has 0 amide bonds. The number of nitrogens with one attached hydrogen (secondary N) is 2. The summed E-state index contributed by atoms with van der Waals surface area (Å²) in [5.41, 5.74) is 13.1. The van der Waals surface area contributed by atoms with Crippen LogP contribution >= 0.6 is 11.3 Å². The molecular formula is C21H21FN6O2S2. The summed E-state index contributed by atoms with van der Waals surface area (Å²) in [5, 5.41) is 2.27. The molecule has 3 heterocycles. The van der Waals surface area contributed by atoms with E-state index in [0.717, 1.165) is 25.8 Å². The molecule has 0 saturated heterocycles. The summed E-state index contributed by atoms with van der Waals surface area (Å²) in [6, 6.07) is 13.3. The van der Waals surface area contributed by atoms with E-state index in [-0.39, 0.29) is 16.6 Å². The molecule has 0 radical (unpaired) electrons. The molecule has 0 saturated carbocycles. The number of aliphatic imine (C=N–C) groups is 1. The number of benzene rings is 2. The zero-order valence-electron chi connectivity index (χ0n) is 17.3. The Morgan fingerprint density at radius 1 is 1.22 bits per heavy atom. The van der Waals surface area contributed by atoms with E-state index in [1.54, 1.807) is 25.3 Å². The highest BCUT2D eigenvalue weighted by molar-refractivity contribution is 7.89. The minimum Gasteiger partial charge on any atom is -0.369 e. The van der Waals surface area contributed by atoms with Crippen LogP contribution in [-0.4, -0.2) is 31.5 Å². The van der Waals surface area contributed by atoms with Crippen LogP contribution < -0.4 is 21.7 Å². The van der Waals surface area contributed by atoms with Crippen LogP contribution in [0.25, 0.3) is 21.2 Å². The van der Waals surface area contributed by atoms with Gasteiger partial charge in [-0.15, -0.1) is 16.9 Å². The summed E-state index contributed by atoms with van der Waals surface area (Å²) in [5.74, 6) is -0.958. The molecule has 0 unspecified atom stereocenters. The van der Waals surface area contributed by atoms with Crippen LogP contribution in [0.5, 0.6) is 0 Å². The molecule has 8 nitrogen and oxygen atoms in total. The van der Waals surface area contributed by atoms with Gasteiger partial charge in [0.2, 0.25) is 16.0 Å². The maximum absolute atomic E-state index is 15.6. The largest absolute Gasteiger partial charge is 0.369 e. The smallest absolute Gasteiger partial charge is 0.239 e. The quantitative estimate of drug-likeness (QED) is 0.542. The number of thiophene rings is 1. The lowest BCUT2D eigenvalue weighted by molar-refractivity contribution is 0.467. The first-order chi connectivity index (χ1) is 15.2. The number of hydrogen-bond donors (Lipinski definition) is 3. The van der Waals surface area contributed by atoms with Gasteiger partial charge in [0.05, 0.1) is 16.3 Å². The van der Waals surface area contributed by atoms with Gasteiger partial charge in [-0.25, -0.2) is 22.1 Å². The second-order valence-corrected chi connectivity index (χ2v) is 10.9. The minimum atomic E-state index is -3.70. The zero-order valence-corrected chi connectivity index (χ0v) is 19.0. The third-order valence-corrected chi connectivity index (χ3v) is 9.07. The number of fused-ring (bicyclic) bond motifs is 1. The molecule has 0 fully saturated rings. The van der Waals surface area contributed by atoms with Crippen LogP contribution in [0.2, 0.25) is 0 Å². The molecule has 1 atom stereocenters. The summed E-state index contributed by atoms with van der Waals surface area (Å²) in [6.07, 6.45) is 3.64. The van der Waals surface area contributed by atoms with Crippen molar-refractivity contribution in [2.45, 2.75) is 12.5 Å². The Balaban J connectivity index is 1.61. The van der Waals surface area contributed by atoms with Gasteiger partial charge in [-0.3, -0.25) is 5.01 Å². The van der Waals surface area contributed by atoms with E-state index in [4.69, 9.17) is 5.73 Å². The van der Waals surface area contributed by atoms with Crippen LogP contribution in [0.4, 0.5) is 10.1 Å². The Bertz CT molecular complexity index is 1380. The van der Waals surface area contributed by atoms with Gasteiger partial charge in [0.25, 0.3) is 0 Å². The van der Waals surface area contributed by atoms with E-state index in [0.29, 0.717) is 5.39 Å². The fourth-order valence-corrected chi connectivity index (χ4v) is 6.77. The number of hydrogen-bond acceptors (Lipinski definition) is 8. The summed E-state index contributed by atoms with van der Waals surface area (Å²) < 4.78 is 42.4. The van der Waals surface area contributed by atoms with Crippen LogP contribution in [0.1, 0.15) is 11.8 Å². The number of anilines is 1. The zero-order chi connectivity index (χ0) is 22.7. The Hall–Kier alpha value is -3.15. The van der Waals surface area contributed by atoms with Gasteiger partial charge in [-0.05, 0) is 30.2 Å². The fourth-order valence-electron chi connectivity index (χ4n) is 3.94. The van der Waals surface area contributed by atoms with Crippen LogP contribution in [0, 0.1) is 5.82 Å². The van der Waals surface area contributed by atoms with Gasteiger partial charge in [0.1, 0.15) is 11.4 Å². The Labute approximate surface area is 188 Å². The number of rotatable bonds is 3. The highest BCUT2D eigenvalue weighted by Gasteiger charge is 2.43. The van der Waals surface area contributed by atoms with Crippen LogP contribution in [0.15, 0.2) is 59.9 Å². The molecule has 0 spiro atoms. The van der Waals surface area contributed by atoms with Crippen molar-refractivity contribution in [3.05, 3.63) is 65.6 Å². The van der Waals surface area contributed by atoms with Gasteiger partial charge in [-0.2, -0.15) is 0 Å². The van der Waals surface area contributed by atoms with E-state index in [1.165, 1.54) is 18.4 Å². The monoisotopic (exact) mass is 472 g/mol. The summed E-state index contributed by atoms with van der Waals surface area (Å²) in [4.78, 5) is 4.62. The van der Waals surface area contributed by atoms with Gasteiger partial charge in [-0.1, -0.05) is 30.3 Å². The lowest BCUT2D eigenvalue weighted by Crippen LogP contribution is -2.50. The topological polar surface area (TPSA) is 103 Å². The first-order valence-corrected chi connectivity index (χ1v) is 12.2. The van der Waals surface area contributed by atoms with Crippen molar-refractivity contribution in [3.63, 3.8) is 0 Å². The number of guanidine groups is 1. The second-order valence-electron chi connectivity index (χ2n) is 7.88. The predicted molar refractivity (Wildman–Crippen MR) is 126 cm³/mol. The lowest BCUT2D eigenvalue weighted by Gasteiger charge is -2.33. The highest BCUT2D eigenvalue weighted by atomic mass is 32.2. The molecule has 2 aromatic carbocycles. The van der Waals surface area contributed by atoms with Crippen molar-refractivity contribution in [3.8, 4) is 11.1 Å². The fraction of sp³-hybridized carbons (Fsp3) is 0.190. The average Bonchev–Trinajstić information content (AvgIpc) is 3.41. The first kappa shape index (κ1) is 20.7. The Morgan fingerprint density at radius 2 is 1.97 bits per heavy atom. The molecule has 3 aromatic rings. The molecular weight excluding hydrogens is 451 g/mol. The number of nitrogens with zero attached hydrogens (tertiary/aromatic N) is 3. The average molecular weight is 473 g/mol. The Morgan fingerprint density at radius 3 is 2.62 bits per heavy atom. The molecule has 2 aliphatic heterocycles. The molecule has 0 aliphatic carbocycles.